The fourth-order valence-electron chi connectivity index (χ4n) is 2.54. The van der Waals surface area contributed by atoms with Crippen LogP contribution in [0.25, 0.3) is 5.57 Å². The highest BCUT2D eigenvalue weighted by atomic mass is 16.5. The summed E-state index contributed by atoms with van der Waals surface area (Å²) in [5.74, 6) is 1.78. The molecule has 1 aromatic carbocycles. The highest BCUT2D eigenvalue weighted by Crippen LogP contribution is 2.36. The van der Waals surface area contributed by atoms with Crippen LogP contribution < -0.4 is 16.2 Å². The normalized spacial score (nSPS) is 11.6. The van der Waals surface area contributed by atoms with Crippen LogP contribution in [0.1, 0.15) is 43.4 Å². The van der Waals surface area contributed by atoms with Crippen molar-refractivity contribution >= 4 is 17.3 Å². The smallest absolute Gasteiger partial charge is 0.222 e. The Balaban J connectivity index is 2.55. The average Bonchev–Trinajstić information content (AvgIpc) is 2.51. The summed E-state index contributed by atoms with van der Waals surface area (Å²) >= 11 is 0. The van der Waals surface area contributed by atoms with Crippen molar-refractivity contribution in [3.05, 3.63) is 53.8 Å². The molecule has 24 heavy (non-hydrogen) atoms. The van der Waals surface area contributed by atoms with Crippen molar-refractivity contribution in [2.75, 3.05) is 11.5 Å². The molecule has 4 N–H and O–H groups in total. The molecule has 0 saturated carbocycles. The Bertz CT molecular complexity index is 794. The van der Waals surface area contributed by atoms with E-state index >= 15 is 0 Å². The van der Waals surface area contributed by atoms with Gasteiger partial charge in [-0.2, -0.15) is 4.98 Å². The predicted molar refractivity (Wildman–Crippen MR) is 100 cm³/mol. The van der Waals surface area contributed by atoms with E-state index in [0.29, 0.717) is 11.7 Å². The van der Waals surface area contributed by atoms with Gasteiger partial charge in [-0.25, -0.2) is 4.98 Å². The van der Waals surface area contributed by atoms with Crippen LogP contribution in [0, 0.1) is 6.92 Å². The molecule has 0 aliphatic rings. The van der Waals surface area contributed by atoms with Crippen LogP contribution in [0.5, 0.6) is 11.5 Å². The first kappa shape index (κ1) is 17.5. The van der Waals surface area contributed by atoms with E-state index in [0.717, 1.165) is 22.4 Å². The van der Waals surface area contributed by atoms with E-state index in [1.54, 1.807) is 6.08 Å². The van der Waals surface area contributed by atoms with E-state index in [9.17, 15) is 0 Å². The second kappa shape index (κ2) is 7.17. The zero-order valence-corrected chi connectivity index (χ0v) is 14.6. The number of aryl methyl sites for hydroxylation is 1. The van der Waals surface area contributed by atoms with Gasteiger partial charge in [0.1, 0.15) is 5.75 Å². The molecule has 0 fully saturated rings. The van der Waals surface area contributed by atoms with Gasteiger partial charge in [0.25, 0.3) is 0 Å². The minimum atomic E-state index is 0.123. The second-order valence-electron chi connectivity index (χ2n) is 6.02. The molecule has 0 amide bonds. The van der Waals surface area contributed by atoms with E-state index in [2.05, 4.69) is 43.4 Å². The van der Waals surface area contributed by atoms with E-state index in [1.807, 2.05) is 19.1 Å². The number of hydrogen-bond acceptors (Lipinski definition) is 5. The van der Waals surface area contributed by atoms with Crippen molar-refractivity contribution < 1.29 is 4.74 Å². The quantitative estimate of drug-likeness (QED) is 0.793. The van der Waals surface area contributed by atoms with Crippen LogP contribution in [0.2, 0.25) is 0 Å². The van der Waals surface area contributed by atoms with E-state index in [-0.39, 0.29) is 11.8 Å². The first-order chi connectivity index (χ1) is 11.3. The lowest BCUT2D eigenvalue weighted by Gasteiger charge is -2.18. The summed E-state index contributed by atoms with van der Waals surface area (Å²) in [5.41, 5.74) is 15.9. The minimum absolute atomic E-state index is 0.123. The molecule has 0 unspecified atom stereocenters. The molecule has 0 spiro atoms. The lowest BCUT2D eigenvalue weighted by molar-refractivity contribution is 0.471. The molecule has 0 saturated heterocycles. The molecule has 5 heteroatoms. The van der Waals surface area contributed by atoms with Crippen LogP contribution >= 0.6 is 0 Å². The highest BCUT2D eigenvalue weighted by Gasteiger charge is 2.15. The Kier molecular flexibility index (Phi) is 5.24. The predicted octanol–water partition coefficient (Wildman–Crippen LogP) is 4.45. The molecule has 2 rings (SSSR count). The average molecular weight is 324 g/mol. The Labute approximate surface area is 143 Å². The first-order valence-electron chi connectivity index (χ1n) is 7.83. The van der Waals surface area contributed by atoms with Gasteiger partial charge < -0.3 is 16.2 Å². The Morgan fingerprint density at radius 3 is 2.54 bits per heavy atom. The van der Waals surface area contributed by atoms with Crippen LogP contribution in [0.3, 0.4) is 0 Å². The molecule has 0 atom stereocenters. The molecule has 1 heterocycles. The second-order valence-corrected chi connectivity index (χ2v) is 6.02. The molecule has 2 aromatic rings. The Morgan fingerprint density at radius 2 is 1.96 bits per heavy atom. The lowest BCUT2D eigenvalue weighted by atomic mass is 9.93. The summed E-state index contributed by atoms with van der Waals surface area (Å²) < 4.78 is 6.02. The monoisotopic (exact) mass is 324 g/mol. The fourth-order valence-corrected chi connectivity index (χ4v) is 2.54. The summed E-state index contributed by atoms with van der Waals surface area (Å²) in [6.07, 6.45) is 5.24. The third-order valence-electron chi connectivity index (χ3n) is 3.79. The number of rotatable bonds is 5. The van der Waals surface area contributed by atoms with Crippen LogP contribution in [-0.2, 0) is 0 Å². The van der Waals surface area contributed by atoms with Gasteiger partial charge in [0, 0.05) is 0 Å². The van der Waals surface area contributed by atoms with Crippen molar-refractivity contribution in [1.82, 2.24) is 9.97 Å². The summed E-state index contributed by atoms with van der Waals surface area (Å²) in [4.78, 5) is 7.90. The van der Waals surface area contributed by atoms with E-state index in [1.165, 1.54) is 11.8 Å². The zero-order valence-electron chi connectivity index (χ0n) is 14.6. The zero-order chi connectivity index (χ0) is 17.9. The number of benzene rings is 1. The van der Waals surface area contributed by atoms with Crippen LogP contribution in [-0.4, -0.2) is 9.97 Å². The molecular formula is C19H24N4O. The van der Waals surface area contributed by atoms with Crippen molar-refractivity contribution in [2.24, 2.45) is 0 Å². The molecule has 0 radical (unpaired) electrons. The fraction of sp³-hybridized carbons (Fsp3) is 0.263. The third kappa shape index (κ3) is 3.74. The van der Waals surface area contributed by atoms with Gasteiger partial charge in [0.2, 0.25) is 5.95 Å². The van der Waals surface area contributed by atoms with Crippen molar-refractivity contribution in [1.29, 1.82) is 0 Å². The van der Waals surface area contributed by atoms with Gasteiger partial charge in [-0.05, 0) is 48.1 Å². The van der Waals surface area contributed by atoms with Crippen molar-refractivity contribution in [3.63, 3.8) is 0 Å². The summed E-state index contributed by atoms with van der Waals surface area (Å²) in [5, 5.41) is 0. The molecule has 1 aromatic heterocycles. The molecule has 5 nitrogen and oxygen atoms in total. The number of allylic oxidation sites excluding steroid dienone is 3. The largest absolute Gasteiger partial charge is 0.452 e. The number of nitrogens with two attached hydrogens (primary N) is 2. The summed E-state index contributed by atoms with van der Waals surface area (Å²) in [6, 6.07) is 4.17. The van der Waals surface area contributed by atoms with Gasteiger partial charge in [-0.1, -0.05) is 38.6 Å². The number of nitrogens with zero attached hydrogens (tertiary/aromatic N) is 2. The molecule has 0 aliphatic heterocycles. The number of ether oxygens (including phenoxy) is 1. The number of hydrogen-bond donors (Lipinski definition) is 2. The van der Waals surface area contributed by atoms with E-state index in [4.69, 9.17) is 16.2 Å². The number of anilines is 2. The Hall–Kier alpha value is -2.82. The Morgan fingerprint density at radius 1 is 1.25 bits per heavy atom. The van der Waals surface area contributed by atoms with Gasteiger partial charge in [0.15, 0.2) is 11.6 Å². The molecule has 0 aliphatic carbocycles. The van der Waals surface area contributed by atoms with Crippen molar-refractivity contribution in [3.8, 4) is 11.5 Å². The SMILES string of the molecule is C=C/C=C(\C)c1cc(Oc2cnc(N)nc2N)c(C(C)C)cc1C. The molecule has 0 bridgehead atoms. The maximum atomic E-state index is 6.02. The van der Waals surface area contributed by atoms with Crippen LogP contribution in [0.15, 0.2) is 37.1 Å². The highest BCUT2D eigenvalue weighted by molar-refractivity contribution is 5.70. The summed E-state index contributed by atoms with van der Waals surface area (Å²) in [6.45, 7) is 12.1. The molecule has 126 valence electrons. The van der Waals surface area contributed by atoms with Crippen molar-refractivity contribution in [2.45, 2.75) is 33.6 Å². The lowest BCUT2D eigenvalue weighted by Crippen LogP contribution is -2.03. The van der Waals surface area contributed by atoms with Gasteiger partial charge in [-0.15, -0.1) is 0 Å². The maximum absolute atomic E-state index is 6.02. The topological polar surface area (TPSA) is 87.0 Å². The van der Waals surface area contributed by atoms with Gasteiger partial charge in [0.05, 0.1) is 6.20 Å². The van der Waals surface area contributed by atoms with Crippen LogP contribution in [0.4, 0.5) is 11.8 Å². The number of nitrogen functional groups attached to an aromatic ring is 2. The first-order valence-corrected chi connectivity index (χ1v) is 7.83. The minimum Gasteiger partial charge on any atom is -0.452 e. The summed E-state index contributed by atoms with van der Waals surface area (Å²) in [7, 11) is 0. The number of aromatic nitrogens is 2. The van der Waals surface area contributed by atoms with Gasteiger partial charge in [-0.3, -0.25) is 0 Å². The maximum Gasteiger partial charge on any atom is 0.222 e. The molecular weight excluding hydrogens is 300 g/mol. The van der Waals surface area contributed by atoms with E-state index < -0.39 is 0 Å². The van der Waals surface area contributed by atoms with Gasteiger partial charge >= 0.3 is 0 Å². The standard InChI is InChI=1S/C19H24N4O/c1-6-7-12(4)15-9-16(14(11(2)3)8-13(15)5)24-17-10-22-19(21)23-18(17)20/h6-11H,1H2,2-5H3,(H4,20,21,22,23)/b12-7+. The third-order valence-corrected chi connectivity index (χ3v) is 3.79.